The summed E-state index contributed by atoms with van der Waals surface area (Å²) in [5.74, 6) is 0.0863. The highest BCUT2D eigenvalue weighted by atomic mass is 16.1. The maximum atomic E-state index is 12.0. The third-order valence-corrected chi connectivity index (χ3v) is 4.18. The molecule has 0 aliphatic heterocycles. The fourth-order valence-electron chi connectivity index (χ4n) is 2.74. The molecule has 0 saturated carbocycles. The maximum Gasteiger partial charge on any atom is 0.220 e. The van der Waals surface area contributed by atoms with Gasteiger partial charge in [-0.2, -0.15) is 5.10 Å². The Labute approximate surface area is 142 Å². The van der Waals surface area contributed by atoms with E-state index in [1.54, 1.807) is 0 Å². The molecular weight excluding hydrogens is 298 g/mol. The van der Waals surface area contributed by atoms with Crippen LogP contribution in [0.25, 0.3) is 10.9 Å². The molecular formula is C20H23N3O. The molecule has 3 rings (SSSR count). The fraction of sp³-hybridized carbons (Fsp3) is 0.300. The monoisotopic (exact) mass is 321 g/mol. The van der Waals surface area contributed by atoms with Crippen molar-refractivity contribution in [3.8, 4) is 0 Å². The molecule has 0 aliphatic rings. The summed E-state index contributed by atoms with van der Waals surface area (Å²) in [4.78, 5) is 12.0. The van der Waals surface area contributed by atoms with Crippen LogP contribution in [0.1, 0.15) is 29.5 Å². The highest BCUT2D eigenvalue weighted by Gasteiger charge is 2.05. The van der Waals surface area contributed by atoms with Crippen LogP contribution in [0.5, 0.6) is 0 Å². The Kier molecular flexibility index (Phi) is 4.94. The Morgan fingerprint density at radius 3 is 2.62 bits per heavy atom. The first-order chi connectivity index (χ1) is 11.6. The van der Waals surface area contributed by atoms with Crippen molar-refractivity contribution in [1.82, 2.24) is 15.1 Å². The number of nitrogens with zero attached hydrogens (tertiary/aromatic N) is 2. The van der Waals surface area contributed by atoms with E-state index in [1.807, 2.05) is 23.0 Å². The molecule has 2 aromatic carbocycles. The first kappa shape index (κ1) is 16.2. The van der Waals surface area contributed by atoms with Crippen LogP contribution in [0.4, 0.5) is 0 Å². The minimum absolute atomic E-state index is 0.0863. The van der Waals surface area contributed by atoms with Crippen LogP contribution in [0.15, 0.2) is 48.7 Å². The molecule has 1 amide bonds. The number of benzene rings is 2. The fourth-order valence-corrected chi connectivity index (χ4v) is 2.74. The van der Waals surface area contributed by atoms with Crippen molar-refractivity contribution in [2.75, 3.05) is 0 Å². The number of carbonyl (C=O) groups excluding carboxylic acids is 1. The Bertz CT molecular complexity index is 834. The third kappa shape index (κ3) is 4.02. The molecule has 3 aromatic rings. The van der Waals surface area contributed by atoms with Crippen LogP contribution in [-0.2, 0) is 17.9 Å². The molecule has 0 bridgehead atoms. The molecule has 0 radical (unpaired) electrons. The van der Waals surface area contributed by atoms with Crippen molar-refractivity contribution in [2.24, 2.45) is 0 Å². The van der Waals surface area contributed by atoms with Crippen LogP contribution in [0.3, 0.4) is 0 Å². The molecule has 4 nitrogen and oxygen atoms in total. The second kappa shape index (κ2) is 7.30. The number of nitrogens with one attached hydrogen (secondary N) is 1. The lowest BCUT2D eigenvalue weighted by molar-refractivity contribution is -0.121. The highest BCUT2D eigenvalue weighted by molar-refractivity contribution is 5.79. The lowest BCUT2D eigenvalue weighted by Gasteiger charge is -2.07. The number of carbonyl (C=O) groups is 1. The number of fused-ring (bicyclic) bond motifs is 1. The largest absolute Gasteiger partial charge is 0.352 e. The van der Waals surface area contributed by atoms with Crippen molar-refractivity contribution in [3.63, 3.8) is 0 Å². The Hall–Kier alpha value is -2.62. The van der Waals surface area contributed by atoms with Gasteiger partial charge in [0.15, 0.2) is 0 Å². The Balaban J connectivity index is 1.47. The van der Waals surface area contributed by atoms with Gasteiger partial charge in [-0.3, -0.25) is 9.48 Å². The van der Waals surface area contributed by atoms with E-state index in [9.17, 15) is 4.79 Å². The van der Waals surface area contributed by atoms with Crippen LogP contribution in [0.2, 0.25) is 0 Å². The second-order valence-electron chi connectivity index (χ2n) is 6.30. The van der Waals surface area contributed by atoms with Crippen molar-refractivity contribution in [2.45, 2.75) is 39.8 Å². The van der Waals surface area contributed by atoms with Crippen molar-refractivity contribution >= 4 is 16.8 Å². The maximum absolute atomic E-state index is 12.0. The van der Waals surface area contributed by atoms with Gasteiger partial charge in [0, 0.05) is 24.9 Å². The molecule has 0 spiro atoms. The van der Waals surface area contributed by atoms with E-state index in [2.05, 4.69) is 54.6 Å². The predicted octanol–water partition coefficient (Wildman–Crippen LogP) is 3.75. The molecule has 0 atom stereocenters. The highest BCUT2D eigenvalue weighted by Crippen LogP contribution is 2.15. The van der Waals surface area contributed by atoms with Gasteiger partial charge in [-0.15, -0.1) is 0 Å². The number of hydrogen-bond donors (Lipinski definition) is 1. The van der Waals surface area contributed by atoms with E-state index >= 15 is 0 Å². The SMILES string of the molecule is Cc1ccc(CNC(=O)CCCn2ncc3ccc(C)cc32)cc1. The minimum Gasteiger partial charge on any atom is -0.352 e. The molecule has 1 aromatic heterocycles. The summed E-state index contributed by atoms with van der Waals surface area (Å²) >= 11 is 0. The molecule has 0 fully saturated rings. The Morgan fingerprint density at radius 2 is 1.83 bits per heavy atom. The molecule has 124 valence electrons. The first-order valence-corrected chi connectivity index (χ1v) is 8.36. The zero-order valence-electron chi connectivity index (χ0n) is 14.2. The van der Waals surface area contributed by atoms with E-state index in [0.29, 0.717) is 13.0 Å². The molecule has 4 heteroatoms. The van der Waals surface area contributed by atoms with Gasteiger partial charge in [-0.25, -0.2) is 0 Å². The van der Waals surface area contributed by atoms with Gasteiger partial charge in [0.05, 0.1) is 11.7 Å². The minimum atomic E-state index is 0.0863. The lowest BCUT2D eigenvalue weighted by atomic mass is 10.1. The zero-order chi connectivity index (χ0) is 16.9. The summed E-state index contributed by atoms with van der Waals surface area (Å²) in [6, 6.07) is 14.5. The number of aromatic nitrogens is 2. The summed E-state index contributed by atoms with van der Waals surface area (Å²) in [7, 11) is 0. The van der Waals surface area contributed by atoms with Crippen molar-refractivity contribution in [3.05, 3.63) is 65.4 Å². The summed E-state index contributed by atoms with van der Waals surface area (Å²) in [5, 5.41) is 8.54. The molecule has 24 heavy (non-hydrogen) atoms. The average Bonchev–Trinajstić information content (AvgIpc) is 2.97. The van der Waals surface area contributed by atoms with E-state index in [0.717, 1.165) is 29.4 Å². The molecule has 1 heterocycles. The molecule has 0 unspecified atom stereocenters. The number of rotatable bonds is 6. The van der Waals surface area contributed by atoms with Gasteiger partial charge < -0.3 is 5.32 Å². The molecule has 0 aliphatic carbocycles. The van der Waals surface area contributed by atoms with E-state index in [-0.39, 0.29) is 5.91 Å². The lowest BCUT2D eigenvalue weighted by Crippen LogP contribution is -2.22. The van der Waals surface area contributed by atoms with Crippen molar-refractivity contribution in [1.29, 1.82) is 0 Å². The molecule has 0 saturated heterocycles. The summed E-state index contributed by atoms with van der Waals surface area (Å²) in [5.41, 5.74) is 4.71. The predicted molar refractivity (Wildman–Crippen MR) is 96.7 cm³/mol. The van der Waals surface area contributed by atoms with Crippen LogP contribution in [-0.4, -0.2) is 15.7 Å². The summed E-state index contributed by atoms with van der Waals surface area (Å²) in [6.45, 7) is 5.48. The smallest absolute Gasteiger partial charge is 0.220 e. The number of hydrogen-bond acceptors (Lipinski definition) is 2. The zero-order valence-corrected chi connectivity index (χ0v) is 14.2. The van der Waals surface area contributed by atoms with E-state index in [1.165, 1.54) is 11.1 Å². The van der Waals surface area contributed by atoms with Gasteiger partial charge in [-0.1, -0.05) is 42.0 Å². The van der Waals surface area contributed by atoms with E-state index < -0.39 is 0 Å². The van der Waals surface area contributed by atoms with Crippen molar-refractivity contribution < 1.29 is 4.79 Å². The van der Waals surface area contributed by atoms with E-state index in [4.69, 9.17) is 0 Å². The second-order valence-corrected chi connectivity index (χ2v) is 6.30. The summed E-state index contributed by atoms with van der Waals surface area (Å²) in [6.07, 6.45) is 3.18. The van der Waals surface area contributed by atoms with Crippen LogP contribution in [0, 0.1) is 13.8 Å². The third-order valence-electron chi connectivity index (χ3n) is 4.18. The van der Waals surface area contributed by atoms with Gasteiger partial charge in [0.1, 0.15) is 0 Å². The van der Waals surface area contributed by atoms with Gasteiger partial charge in [0.25, 0.3) is 0 Å². The molecule has 1 N–H and O–H groups in total. The van der Waals surface area contributed by atoms with Crippen LogP contribution >= 0.6 is 0 Å². The summed E-state index contributed by atoms with van der Waals surface area (Å²) < 4.78 is 1.98. The number of amides is 1. The van der Waals surface area contributed by atoms with Gasteiger partial charge >= 0.3 is 0 Å². The van der Waals surface area contributed by atoms with Crippen LogP contribution < -0.4 is 5.32 Å². The average molecular weight is 321 g/mol. The topological polar surface area (TPSA) is 46.9 Å². The number of aryl methyl sites for hydroxylation is 3. The van der Waals surface area contributed by atoms with Gasteiger partial charge in [0.2, 0.25) is 5.91 Å². The quantitative estimate of drug-likeness (QED) is 0.751. The normalized spacial score (nSPS) is 10.9. The Morgan fingerprint density at radius 1 is 1.08 bits per heavy atom. The van der Waals surface area contributed by atoms with Gasteiger partial charge in [-0.05, 0) is 37.5 Å². The standard InChI is InChI=1S/C20H23N3O/c1-15-5-8-17(9-6-15)13-21-20(24)4-3-11-23-19-12-16(2)7-10-18(19)14-22-23/h5-10,12,14H,3-4,11,13H2,1-2H3,(H,21,24). The first-order valence-electron chi connectivity index (χ1n) is 8.36.